The van der Waals surface area contributed by atoms with Crippen LogP contribution in [0.3, 0.4) is 0 Å². The van der Waals surface area contributed by atoms with Gasteiger partial charge in [-0.25, -0.2) is 0 Å². The molecule has 3 aliphatic heterocycles. The first-order valence-corrected chi connectivity index (χ1v) is 11.1. The molecule has 1 atom stereocenters. The fraction of sp³-hybridized carbons (Fsp3) is 0.667. The Morgan fingerprint density at radius 3 is 2.27 bits per heavy atom. The first-order chi connectivity index (χ1) is 14.3. The predicted octanol–water partition coefficient (Wildman–Crippen LogP) is 2.34. The molecule has 2 amide bonds. The van der Waals surface area contributed by atoms with Crippen molar-refractivity contribution in [3.8, 4) is 0 Å². The minimum absolute atomic E-state index is 0.0398. The van der Waals surface area contributed by atoms with Crippen molar-refractivity contribution in [1.82, 2.24) is 14.7 Å². The highest BCUT2D eigenvalue weighted by Crippen LogP contribution is 2.57. The third kappa shape index (κ3) is 3.44. The second kappa shape index (κ2) is 7.97. The van der Waals surface area contributed by atoms with Crippen molar-refractivity contribution in [1.29, 1.82) is 0 Å². The smallest absolute Gasteiger partial charge is 0.253 e. The number of benzene rings is 1. The van der Waals surface area contributed by atoms with Crippen LogP contribution in [0.2, 0.25) is 0 Å². The maximum absolute atomic E-state index is 13.3. The molecule has 1 aromatic carbocycles. The molecule has 0 saturated carbocycles. The number of piperidine rings is 1. The molecule has 0 aliphatic carbocycles. The summed E-state index contributed by atoms with van der Waals surface area (Å²) in [6, 6.07) is 6.07. The first-order valence-electron chi connectivity index (χ1n) is 11.1. The molecule has 6 heteroatoms. The van der Waals surface area contributed by atoms with Gasteiger partial charge in [-0.3, -0.25) is 14.5 Å². The van der Waals surface area contributed by atoms with E-state index in [2.05, 4.69) is 11.0 Å². The van der Waals surface area contributed by atoms with Gasteiger partial charge in [0.05, 0.1) is 12.0 Å². The van der Waals surface area contributed by atoms with Crippen LogP contribution in [0.5, 0.6) is 0 Å². The molecule has 3 fully saturated rings. The van der Waals surface area contributed by atoms with Crippen LogP contribution in [0.25, 0.3) is 0 Å². The molecule has 0 radical (unpaired) electrons. The number of carbonyl (C=O) groups excluding carboxylic acids is 2. The Morgan fingerprint density at radius 2 is 1.70 bits per heavy atom. The summed E-state index contributed by atoms with van der Waals surface area (Å²) in [4.78, 5) is 32.8. The molecule has 0 aromatic heterocycles. The lowest BCUT2D eigenvalue weighted by atomic mass is 9.60. The Labute approximate surface area is 180 Å². The van der Waals surface area contributed by atoms with Gasteiger partial charge in [0.15, 0.2) is 0 Å². The van der Waals surface area contributed by atoms with Crippen LogP contribution in [0.1, 0.15) is 40.7 Å². The number of fused-ring (bicyclic) bond motifs is 1. The lowest BCUT2D eigenvalue weighted by Gasteiger charge is -2.47. The largest absolute Gasteiger partial charge is 0.383 e. The number of hydrogen-bond acceptors (Lipinski definition) is 4. The Bertz CT molecular complexity index is 811. The molecular weight excluding hydrogens is 378 g/mol. The molecule has 1 aromatic rings. The highest BCUT2D eigenvalue weighted by Gasteiger charge is 2.64. The van der Waals surface area contributed by atoms with E-state index < -0.39 is 0 Å². The van der Waals surface area contributed by atoms with Gasteiger partial charge >= 0.3 is 0 Å². The maximum Gasteiger partial charge on any atom is 0.253 e. The summed E-state index contributed by atoms with van der Waals surface area (Å²) in [6.45, 7) is 9.67. The number of aryl methyl sites for hydroxylation is 2. The van der Waals surface area contributed by atoms with Gasteiger partial charge in [-0.2, -0.15) is 0 Å². The third-order valence-corrected chi connectivity index (χ3v) is 7.75. The van der Waals surface area contributed by atoms with Crippen LogP contribution in [0, 0.1) is 24.7 Å². The molecule has 3 aliphatic rings. The van der Waals surface area contributed by atoms with Gasteiger partial charge in [0, 0.05) is 64.4 Å². The molecule has 0 unspecified atom stereocenters. The summed E-state index contributed by atoms with van der Waals surface area (Å²) < 4.78 is 5.31. The number of nitrogens with zero attached hydrogens (tertiary/aromatic N) is 3. The van der Waals surface area contributed by atoms with Crippen LogP contribution in [0.4, 0.5) is 0 Å². The van der Waals surface area contributed by atoms with Gasteiger partial charge in [0.1, 0.15) is 0 Å². The Morgan fingerprint density at radius 1 is 1.03 bits per heavy atom. The van der Waals surface area contributed by atoms with Gasteiger partial charge in [-0.1, -0.05) is 17.2 Å². The molecule has 2 spiro atoms. The average molecular weight is 414 g/mol. The van der Waals surface area contributed by atoms with E-state index in [1.807, 2.05) is 42.8 Å². The quantitative estimate of drug-likeness (QED) is 0.760. The van der Waals surface area contributed by atoms with Crippen molar-refractivity contribution in [2.75, 3.05) is 60.0 Å². The Balaban J connectivity index is 1.53. The molecular formula is C24H35N3O3. The number of methoxy groups -OCH3 is 1. The Kier molecular flexibility index (Phi) is 5.66. The molecule has 4 rings (SSSR count). The van der Waals surface area contributed by atoms with Crippen LogP contribution >= 0.6 is 0 Å². The summed E-state index contributed by atoms with van der Waals surface area (Å²) in [5.74, 6) is 0.423. The standard InChI is InChI=1S/C24H35N3O3/c1-18-13-19(2)15-20(14-18)21(28)27-9-5-23(6-10-27)16-26(11-12-30-4)17-24(23)7-8-25(3)22(24)29/h13-15H,5-12,16-17H2,1-4H3/t24-/m1/s1. The number of carbonyl (C=O) groups is 2. The molecule has 164 valence electrons. The lowest BCUT2D eigenvalue weighted by molar-refractivity contribution is -0.141. The topological polar surface area (TPSA) is 53.1 Å². The van der Waals surface area contributed by atoms with Crippen LogP contribution in [-0.4, -0.2) is 86.5 Å². The minimum Gasteiger partial charge on any atom is -0.383 e. The van der Waals surface area contributed by atoms with E-state index in [0.717, 1.165) is 75.2 Å². The van der Waals surface area contributed by atoms with Gasteiger partial charge in [-0.15, -0.1) is 0 Å². The summed E-state index contributed by atoms with van der Waals surface area (Å²) in [5.41, 5.74) is 2.68. The van der Waals surface area contributed by atoms with E-state index in [9.17, 15) is 9.59 Å². The molecule has 3 heterocycles. The van der Waals surface area contributed by atoms with E-state index in [1.165, 1.54) is 0 Å². The van der Waals surface area contributed by atoms with Gasteiger partial charge in [0.25, 0.3) is 5.91 Å². The number of hydrogen-bond donors (Lipinski definition) is 0. The highest BCUT2D eigenvalue weighted by molar-refractivity contribution is 5.94. The van der Waals surface area contributed by atoms with Crippen molar-refractivity contribution in [2.24, 2.45) is 10.8 Å². The predicted molar refractivity (Wildman–Crippen MR) is 116 cm³/mol. The van der Waals surface area contributed by atoms with E-state index in [-0.39, 0.29) is 16.7 Å². The van der Waals surface area contributed by atoms with Crippen LogP contribution in [0.15, 0.2) is 18.2 Å². The summed E-state index contributed by atoms with van der Waals surface area (Å²) in [7, 11) is 3.66. The fourth-order valence-corrected chi connectivity index (χ4v) is 6.19. The molecule has 0 N–H and O–H groups in total. The average Bonchev–Trinajstić information content (AvgIpc) is 3.18. The third-order valence-electron chi connectivity index (χ3n) is 7.75. The van der Waals surface area contributed by atoms with E-state index in [1.54, 1.807) is 7.11 Å². The Hall–Kier alpha value is -1.92. The number of likely N-dealkylation sites (tertiary alicyclic amines) is 3. The van der Waals surface area contributed by atoms with Crippen LogP contribution < -0.4 is 0 Å². The van der Waals surface area contributed by atoms with E-state index in [0.29, 0.717) is 12.5 Å². The summed E-state index contributed by atoms with van der Waals surface area (Å²) in [6.07, 6.45) is 2.72. The van der Waals surface area contributed by atoms with E-state index in [4.69, 9.17) is 4.74 Å². The number of rotatable bonds is 4. The zero-order chi connectivity index (χ0) is 21.5. The number of amides is 2. The second-order valence-electron chi connectivity index (χ2n) is 9.71. The van der Waals surface area contributed by atoms with Gasteiger partial charge in [-0.05, 0) is 45.2 Å². The first kappa shape index (κ1) is 21.3. The van der Waals surface area contributed by atoms with E-state index >= 15 is 0 Å². The van der Waals surface area contributed by atoms with Crippen molar-refractivity contribution in [2.45, 2.75) is 33.1 Å². The zero-order valence-corrected chi connectivity index (χ0v) is 18.9. The highest BCUT2D eigenvalue weighted by atomic mass is 16.5. The molecule has 6 nitrogen and oxygen atoms in total. The van der Waals surface area contributed by atoms with Gasteiger partial charge < -0.3 is 14.5 Å². The fourth-order valence-electron chi connectivity index (χ4n) is 6.19. The molecule has 0 bridgehead atoms. The van der Waals surface area contributed by atoms with Crippen molar-refractivity contribution in [3.63, 3.8) is 0 Å². The number of ether oxygens (including phenoxy) is 1. The molecule has 30 heavy (non-hydrogen) atoms. The minimum atomic E-state index is -0.301. The summed E-state index contributed by atoms with van der Waals surface area (Å²) in [5, 5.41) is 0. The van der Waals surface area contributed by atoms with Crippen molar-refractivity contribution >= 4 is 11.8 Å². The second-order valence-corrected chi connectivity index (χ2v) is 9.71. The normalized spacial score (nSPS) is 26.3. The molecule has 3 saturated heterocycles. The SMILES string of the molecule is COCCN1CC2(CCN(C(=O)c3cc(C)cc(C)c3)CC2)[C@]2(CCN(C)C2=O)C1. The summed E-state index contributed by atoms with van der Waals surface area (Å²) >= 11 is 0. The van der Waals surface area contributed by atoms with Gasteiger partial charge in [0.2, 0.25) is 5.91 Å². The maximum atomic E-state index is 13.3. The van der Waals surface area contributed by atoms with Crippen molar-refractivity contribution < 1.29 is 14.3 Å². The van der Waals surface area contributed by atoms with Crippen LogP contribution in [-0.2, 0) is 9.53 Å². The van der Waals surface area contributed by atoms with Crippen molar-refractivity contribution in [3.05, 3.63) is 34.9 Å². The monoisotopic (exact) mass is 413 g/mol. The zero-order valence-electron chi connectivity index (χ0n) is 18.9. The lowest BCUT2D eigenvalue weighted by Crippen LogP contribution is -2.53.